The molecule has 0 radical (unpaired) electrons. The lowest BCUT2D eigenvalue weighted by Crippen LogP contribution is -2.22. The third kappa shape index (κ3) is 3.20. The molecule has 0 aliphatic heterocycles. The predicted molar refractivity (Wildman–Crippen MR) is 79.5 cm³/mol. The topological polar surface area (TPSA) is 55.1 Å². The molecule has 0 saturated heterocycles. The number of aromatic nitrogens is 1. The maximum atomic E-state index is 12.8. The van der Waals surface area contributed by atoms with Gasteiger partial charge in [-0.25, -0.2) is 4.39 Å². The van der Waals surface area contributed by atoms with E-state index in [4.69, 9.17) is 4.42 Å². The first kappa shape index (κ1) is 14.0. The van der Waals surface area contributed by atoms with Gasteiger partial charge in [0.15, 0.2) is 0 Å². The van der Waals surface area contributed by atoms with E-state index in [1.807, 2.05) is 12.1 Å². The van der Waals surface area contributed by atoms with Crippen molar-refractivity contribution >= 4 is 5.91 Å². The Hall–Kier alpha value is -2.95. The zero-order valence-corrected chi connectivity index (χ0v) is 11.6. The number of nitrogens with zero attached hydrogens (tertiary/aromatic N) is 1. The molecule has 3 rings (SSSR count). The Balaban J connectivity index is 1.67. The van der Waals surface area contributed by atoms with Crippen LogP contribution in [0.2, 0.25) is 0 Å². The number of carbonyl (C=O) groups is 1. The van der Waals surface area contributed by atoms with Gasteiger partial charge in [-0.05, 0) is 48.0 Å². The van der Waals surface area contributed by atoms with Crippen LogP contribution in [0.1, 0.15) is 15.9 Å². The van der Waals surface area contributed by atoms with Crippen molar-refractivity contribution in [3.63, 3.8) is 0 Å². The average Bonchev–Trinajstić information content (AvgIpc) is 3.08. The van der Waals surface area contributed by atoms with E-state index in [0.717, 1.165) is 16.9 Å². The fraction of sp³-hybridized carbons (Fsp3) is 0.0588. The van der Waals surface area contributed by atoms with Crippen molar-refractivity contribution in [3.8, 4) is 11.3 Å². The lowest BCUT2D eigenvalue weighted by atomic mass is 10.1. The number of halogens is 1. The van der Waals surface area contributed by atoms with Crippen LogP contribution in [0.5, 0.6) is 0 Å². The number of carbonyl (C=O) groups excluding carboxylic acids is 1. The summed E-state index contributed by atoms with van der Waals surface area (Å²) in [6.07, 6.45) is 4.97. The second kappa shape index (κ2) is 6.22. The molecule has 0 unspecified atom stereocenters. The molecule has 5 heteroatoms. The zero-order valence-electron chi connectivity index (χ0n) is 11.6. The number of nitrogens with one attached hydrogen (secondary N) is 1. The molecule has 0 fully saturated rings. The van der Waals surface area contributed by atoms with E-state index in [1.54, 1.807) is 24.7 Å². The maximum Gasteiger partial charge on any atom is 0.251 e. The quantitative estimate of drug-likeness (QED) is 0.802. The van der Waals surface area contributed by atoms with E-state index in [9.17, 15) is 9.18 Å². The van der Waals surface area contributed by atoms with Gasteiger partial charge in [0, 0.05) is 30.1 Å². The van der Waals surface area contributed by atoms with E-state index in [2.05, 4.69) is 10.3 Å². The van der Waals surface area contributed by atoms with Gasteiger partial charge in [0.25, 0.3) is 5.91 Å². The Kier molecular flexibility index (Phi) is 3.96. The van der Waals surface area contributed by atoms with Crippen molar-refractivity contribution in [2.45, 2.75) is 6.54 Å². The van der Waals surface area contributed by atoms with Gasteiger partial charge in [0.2, 0.25) is 0 Å². The lowest BCUT2D eigenvalue weighted by Gasteiger charge is -2.06. The predicted octanol–water partition coefficient (Wildman–Crippen LogP) is 3.41. The Morgan fingerprint density at radius 1 is 1.18 bits per heavy atom. The number of rotatable bonds is 4. The maximum absolute atomic E-state index is 12.8. The normalized spacial score (nSPS) is 10.4. The van der Waals surface area contributed by atoms with E-state index < -0.39 is 0 Å². The number of pyridine rings is 1. The van der Waals surface area contributed by atoms with Crippen molar-refractivity contribution in [3.05, 3.63) is 78.1 Å². The molecule has 0 atom stereocenters. The monoisotopic (exact) mass is 296 g/mol. The van der Waals surface area contributed by atoms with Crippen LogP contribution in [-0.4, -0.2) is 10.9 Å². The largest absolute Gasteiger partial charge is 0.464 e. The Bertz CT molecular complexity index is 768. The molecule has 0 aliphatic rings. The van der Waals surface area contributed by atoms with Crippen LogP contribution in [0.4, 0.5) is 4.39 Å². The highest BCUT2D eigenvalue weighted by Gasteiger charge is 2.07. The first-order chi connectivity index (χ1) is 10.7. The van der Waals surface area contributed by atoms with Gasteiger partial charge < -0.3 is 9.73 Å². The minimum Gasteiger partial charge on any atom is -0.464 e. The third-order valence-electron chi connectivity index (χ3n) is 3.16. The summed E-state index contributed by atoms with van der Waals surface area (Å²) in [7, 11) is 0. The Morgan fingerprint density at radius 2 is 2.00 bits per heavy atom. The average molecular weight is 296 g/mol. The van der Waals surface area contributed by atoms with Crippen LogP contribution < -0.4 is 5.32 Å². The highest BCUT2D eigenvalue weighted by Crippen LogP contribution is 2.19. The van der Waals surface area contributed by atoms with Crippen LogP contribution in [0.15, 0.2) is 65.5 Å². The molecular weight excluding hydrogens is 283 g/mol. The molecule has 2 aromatic heterocycles. The molecule has 1 amide bonds. The number of hydrogen-bond acceptors (Lipinski definition) is 3. The minimum absolute atomic E-state index is 0.261. The van der Waals surface area contributed by atoms with Crippen molar-refractivity contribution < 1.29 is 13.6 Å². The summed E-state index contributed by atoms with van der Waals surface area (Å²) in [6, 6.07) is 11.0. The van der Waals surface area contributed by atoms with Crippen molar-refractivity contribution in [2.75, 3.05) is 0 Å². The summed E-state index contributed by atoms with van der Waals surface area (Å²) in [5, 5.41) is 2.78. The fourth-order valence-electron chi connectivity index (χ4n) is 2.05. The van der Waals surface area contributed by atoms with Crippen LogP contribution in [0, 0.1) is 5.82 Å². The highest BCUT2D eigenvalue weighted by molar-refractivity contribution is 5.94. The molecule has 1 N–H and O–H groups in total. The molecule has 0 spiro atoms. The standard InChI is InChI=1S/C17H13FN2O2/c18-15-5-3-13(4-6-15)17(21)20-10-12-8-14(11-19-9-12)16-2-1-7-22-16/h1-9,11H,10H2,(H,20,21). The summed E-state index contributed by atoms with van der Waals surface area (Å²) in [4.78, 5) is 16.1. The number of amides is 1. The summed E-state index contributed by atoms with van der Waals surface area (Å²) in [6.45, 7) is 0.331. The van der Waals surface area contributed by atoms with Crippen molar-refractivity contribution in [1.29, 1.82) is 0 Å². The fourth-order valence-corrected chi connectivity index (χ4v) is 2.05. The van der Waals surface area contributed by atoms with Crippen molar-refractivity contribution in [1.82, 2.24) is 10.3 Å². The lowest BCUT2D eigenvalue weighted by molar-refractivity contribution is 0.0951. The molecule has 110 valence electrons. The van der Waals surface area contributed by atoms with Gasteiger partial charge in [0.05, 0.1) is 6.26 Å². The first-order valence-electron chi connectivity index (χ1n) is 6.74. The molecular formula is C17H13FN2O2. The number of furan rings is 1. The third-order valence-corrected chi connectivity index (χ3v) is 3.16. The van der Waals surface area contributed by atoms with Crippen LogP contribution >= 0.6 is 0 Å². The number of hydrogen-bond donors (Lipinski definition) is 1. The van der Waals surface area contributed by atoms with E-state index in [-0.39, 0.29) is 11.7 Å². The van der Waals surface area contributed by atoms with E-state index in [1.165, 1.54) is 24.3 Å². The number of benzene rings is 1. The molecule has 22 heavy (non-hydrogen) atoms. The van der Waals surface area contributed by atoms with Crippen LogP contribution in [0.3, 0.4) is 0 Å². The summed E-state index contributed by atoms with van der Waals surface area (Å²) in [5.74, 6) is 0.0921. The van der Waals surface area contributed by atoms with Gasteiger partial charge in [-0.1, -0.05) is 0 Å². The molecule has 1 aromatic carbocycles. The molecule has 0 saturated carbocycles. The summed E-state index contributed by atoms with van der Waals surface area (Å²) in [5.41, 5.74) is 2.11. The van der Waals surface area contributed by atoms with Crippen LogP contribution in [0.25, 0.3) is 11.3 Å². The second-order valence-electron chi connectivity index (χ2n) is 4.75. The van der Waals surface area contributed by atoms with E-state index >= 15 is 0 Å². The van der Waals surface area contributed by atoms with Gasteiger partial charge in [0.1, 0.15) is 11.6 Å². The molecule has 0 bridgehead atoms. The SMILES string of the molecule is O=C(NCc1cncc(-c2ccco2)c1)c1ccc(F)cc1. The Labute approximate surface area is 126 Å². The zero-order chi connectivity index (χ0) is 15.4. The summed E-state index contributed by atoms with van der Waals surface area (Å²) < 4.78 is 18.1. The molecule has 0 aliphatic carbocycles. The Morgan fingerprint density at radius 3 is 2.73 bits per heavy atom. The molecule has 4 nitrogen and oxygen atoms in total. The van der Waals surface area contributed by atoms with Gasteiger partial charge >= 0.3 is 0 Å². The molecule has 3 aromatic rings. The summed E-state index contributed by atoms with van der Waals surface area (Å²) >= 11 is 0. The van der Waals surface area contributed by atoms with Gasteiger partial charge in [-0.2, -0.15) is 0 Å². The minimum atomic E-state index is -0.369. The highest BCUT2D eigenvalue weighted by atomic mass is 19.1. The van der Waals surface area contributed by atoms with E-state index in [0.29, 0.717) is 12.1 Å². The van der Waals surface area contributed by atoms with Gasteiger partial charge in [-0.15, -0.1) is 0 Å². The van der Waals surface area contributed by atoms with Gasteiger partial charge in [-0.3, -0.25) is 9.78 Å². The van der Waals surface area contributed by atoms with Crippen LogP contribution in [-0.2, 0) is 6.54 Å². The van der Waals surface area contributed by atoms with Crippen molar-refractivity contribution in [2.24, 2.45) is 0 Å². The smallest absolute Gasteiger partial charge is 0.251 e. The first-order valence-corrected chi connectivity index (χ1v) is 6.74. The second-order valence-corrected chi connectivity index (χ2v) is 4.75. The molecule has 2 heterocycles.